The number of carbonyl (C=O) groups excluding carboxylic acids is 1. The summed E-state index contributed by atoms with van der Waals surface area (Å²) in [7, 11) is 4.78. The van der Waals surface area contributed by atoms with Gasteiger partial charge in [0.15, 0.2) is 11.5 Å². The third-order valence-corrected chi connectivity index (χ3v) is 6.07. The maximum atomic E-state index is 12.8. The third-order valence-electron chi connectivity index (χ3n) is 4.76. The number of rotatable bonds is 9. The van der Waals surface area contributed by atoms with Gasteiger partial charge in [0.05, 0.1) is 27.1 Å². The fourth-order valence-corrected chi connectivity index (χ4v) is 3.93. The molecule has 0 heterocycles. The molecule has 1 amide bonds. The zero-order valence-corrected chi connectivity index (χ0v) is 18.4. The van der Waals surface area contributed by atoms with Gasteiger partial charge in [-0.15, -0.1) is 0 Å². The van der Waals surface area contributed by atoms with E-state index in [4.69, 9.17) is 26.4 Å². The van der Waals surface area contributed by atoms with Crippen LogP contribution in [0.2, 0.25) is 0 Å². The van der Waals surface area contributed by atoms with Crippen LogP contribution >= 0.6 is 24.0 Å². The lowest BCUT2D eigenvalue weighted by Gasteiger charge is -2.28. The van der Waals surface area contributed by atoms with Crippen molar-refractivity contribution >= 4 is 34.3 Å². The van der Waals surface area contributed by atoms with Crippen molar-refractivity contribution < 1.29 is 19.0 Å². The maximum absolute atomic E-state index is 12.8. The lowest BCUT2D eigenvalue weighted by molar-refractivity contribution is -0.128. The number of methoxy groups -OCH3 is 3. The molecule has 0 bridgehead atoms. The van der Waals surface area contributed by atoms with Gasteiger partial charge in [-0.25, -0.2) is 0 Å². The van der Waals surface area contributed by atoms with Crippen LogP contribution in [0.25, 0.3) is 0 Å². The molecule has 1 atom stereocenters. The van der Waals surface area contributed by atoms with E-state index in [1.54, 1.807) is 14.2 Å². The molecule has 0 saturated carbocycles. The summed E-state index contributed by atoms with van der Waals surface area (Å²) in [6.45, 7) is 1.39. The number of thiocarbonyl (C=S) groups is 1. The Labute approximate surface area is 177 Å². The Kier molecular flexibility index (Phi) is 9.64. The molecule has 0 aromatic heterocycles. The lowest BCUT2D eigenvalue weighted by Crippen LogP contribution is -2.38. The van der Waals surface area contributed by atoms with Crippen LogP contribution in [-0.4, -0.2) is 55.4 Å². The van der Waals surface area contributed by atoms with E-state index in [2.05, 4.69) is 12.2 Å². The average molecular weight is 424 g/mol. The van der Waals surface area contributed by atoms with Gasteiger partial charge in [-0.2, -0.15) is 0 Å². The van der Waals surface area contributed by atoms with Gasteiger partial charge < -0.3 is 19.1 Å². The first-order chi connectivity index (χ1) is 13.6. The maximum Gasteiger partial charge on any atom is 0.233 e. The highest BCUT2D eigenvalue weighted by Gasteiger charge is 2.19. The van der Waals surface area contributed by atoms with Crippen LogP contribution in [0.4, 0.5) is 0 Å². The highest BCUT2D eigenvalue weighted by Crippen LogP contribution is 2.28. The van der Waals surface area contributed by atoms with E-state index in [-0.39, 0.29) is 5.91 Å². The van der Waals surface area contributed by atoms with Crippen molar-refractivity contribution in [3.8, 4) is 11.5 Å². The first kappa shape index (κ1) is 22.6. The second-order valence-corrected chi connectivity index (χ2v) is 8.22. The molecule has 154 valence electrons. The van der Waals surface area contributed by atoms with Gasteiger partial charge in [0.2, 0.25) is 10.3 Å². The Hall–Kier alpha value is -1.73. The number of amides is 1. The number of hydrogen-bond donors (Lipinski definition) is 0. The predicted molar refractivity (Wildman–Crippen MR) is 118 cm³/mol. The zero-order valence-electron chi connectivity index (χ0n) is 16.8. The summed E-state index contributed by atoms with van der Waals surface area (Å²) in [6.07, 6.45) is 8.66. The third kappa shape index (κ3) is 7.02. The number of allylic oxidation sites excluding steroid dienone is 1. The van der Waals surface area contributed by atoms with Crippen LogP contribution in [0.15, 0.2) is 30.4 Å². The van der Waals surface area contributed by atoms with E-state index >= 15 is 0 Å². The SMILES string of the molecule is COC(=S)SCC(=O)N(CCc1ccc(OC)c(OC)c1)CC1C=CCCC1. The van der Waals surface area contributed by atoms with Crippen LogP contribution < -0.4 is 9.47 Å². The predicted octanol–water partition coefficient (Wildman–Crippen LogP) is 4.10. The fraction of sp³-hybridized carbons (Fsp3) is 0.524. The topological polar surface area (TPSA) is 48.0 Å². The summed E-state index contributed by atoms with van der Waals surface area (Å²) in [5, 5.41) is 0. The van der Waals surface area contributed by atoms with E-state index < -0.39 is 0 Å². The molecule has 2 rings (SSSR count). The summed E-state index contributed by atoms with van der Waals surface area (Å²) < 4.78 is 16.1. The molecule has 0 spiro atoms. The normalized spacial score (nSPS) is 15.8. The largest absolute Gasteiger partial charge is 0.493 e. The standard InChI is InChI=1S/C21H29NO4S2/c1-24-18-10-9-16(13-19(18)25-2)11-12-22(14-17-7-5-4-6-8-17)20(23)15-28-21(27)26-3/h5,7,9-10,13,17H,4,6,8,11-12,14-15H2,1-3H3. The van der Waals surface area contributed by atoms with E-state index in [1.165, 1.54) is 25.3 Å². The molecular weight excluding hydrogens is 394 g/mol. The molecule has 1 unspecified atom stereocenters. The molecular formula is C21H29NO4S2. The van der Waals surface area contributed by atoms with Crippen molar-refractivity contribution in [2.75, 3.05) is 40.2 Å². The van der Waals surface area contributed by atoms with E-state index in [0.717, 1.165) is 31.4 Å². The summed E-state index contributed by atoms with van der Waals surface area (Å²) in [4.78, 5) is 14.7. The highest BCUT2D eigenvalue weighted by molar-refractivity contribution is 8.23. The van der Waals surface area contributed by atoms with E-state index in [1.807, 2.05) is 23.1 Å². The molecule has 0 radical (unpaired) electrons. The number of nitrogens with zero attached hydrogens (tertiary/aromatic N) is 1. The number of ether oxygens (including phenoxy) is 3. The van der Waals surface area contributed by atoms with Crippen molar-refractivity contribution in [1.29, 1.82) is 0 Å². The van der Waals surface area contributed by atoms with Crippen molar-refractivity contribution in [2.45, 2.75) is 25.7 Å². The second-order valence-electron chi connectivity index (χ2n) is 6.64. The Morgan fingerprint density at radius 3 is 2.68 bits per heavy atom. The Morgan fingerprint density at radius 2 is 2.04 bits per heavy atom. The molecule has 1 aliphatic carbocycles. The van der Waals surface area contributed by atoms with Gasteiger partial charge in [-0.05, 0) is 61.5 Å². The minimum atomic E-state index is 0.0869. The Balaban J connectivity index is 2.03. The van der Waals surface area contributed by atoms with Gasteiger partial charge in [-0.1, -0.05) is 30.0 Å². The monoisotopic (exact) mass is 423 g/mol. The molecule has 28 heavy (non-hydrogen) atoms. The van der Waals surface area contributed by atoms with Crippen molar-refractivity contribution in [3.05, 3.63) is 35.9 Å². The molecule has 5 nitrogen and oxygen atoms in total. The summed E-state index contributed by atoms with van der Waals surface area (Å²) in [5.41, 5.74) is 1.11. The molecule has 0 fully saturated rings. The number of benzene rings is 1. The highest BCUT2D eigenvalue weighted by atomic mass is 32.2. The van der Waals surface area contributed by atoms with Gasteiger partial charge >= 0.3 is 0 Å². The quantitative estimate of drug-likeness (QED) is 0.440. The summed E-state index contributed by atoms with van der Waals surface area (Å²) in [5.74, 6) is 2.21. The number of carbonyl (C=O) groups is 1. The first-order valence-electron chi connectivity index (χ1n) is 9.43. The zero-order chi connectivity index (χ0) is 20.4. The molecule has 1 aliphatic rings. The van der Waals surface area contributed by atoms with E-state index in [0.29, 0.717) is 34.1 Å². The van der Waals surface area contributed by atoms with Crippen LogP contribution in [-0.2, 0) is 16.0 Å². The van der Waals surface area contributed by atoms with Crippen LogP contribution in [0.3, 0.4) is 0 Å². The first-order valence-corrected chi connectivity index (χ1v) is 10.8. The molecule has 0 aliphatic heterocycles. The summed E-state index contributed by atoms with van der Waals surface area (Å²) in [6, 6.07) is 5.88. The Bertz CT molecular complexity index is 693. The number of thioether (sulfide) groups is 1. The van der Waals surface area contributed by atoms with Gasteiger partial charge in [-0.3, -0.25) is 4.79 Å². The summed E-state index contributed by atoms with van der Waals surface area (Å²) >= 11 is 6.32. The minimum Gasteiger partial charge on any atom is -0.493 e. The van der Waals surface area contributed by atoms with Crippen LogP contribution in [0.1, 0.15) is 24.8 Å². The van der Waals surface area contributed by atoms with Gasteiger partial charge in [0, 0.05) is 13.1 Å². The average Bonchev–Trinajstić information content (AvgIpc) is 2.74. The molecule has 0 N–H and O–H groups in total. The van der Waals surface area contributed by atoms with Gasteiger partial charge in [0.25, 0.3) is 0 Å². The molecule has 0 saturated heterocycles. The van der Waals surface area contributed by atoms with E-state index in [9.17, 15) is 4.79 Å². The number of hydrogen-bond acceptors (Lipinski definition) is 6. The van der Waals surface area contributed by atoms with Crippen LogP contribution in [0.5, 0.6) is 11.5 Å². The van der Waals surface area contributed by atoms with Gasteiger partial charge in [0.1, 0.15) is 0 Å². The minimum absolute atomic E-state index is 0.0869. The molecule has 1 aromatic carbocycles. The lowest BCUT2D eigenvalue weighted by atomic mass is 9.95. The molecule has 1 aromatic rings. The van der Waals surface area contributed by atoms with Crippen molar-refractivity contribution in [1.82, 2.24) is 4.90 Å². The van der Waals surface area contributed by atoms with Crippen LogP contribution in [0, 0.1) is 5.92 Å². The second kappa shape index (κ2) is 12.0. The Morgan fingerprint density at radius 1 is 1.25 bits per heavy atom. The fourth-order valence-electron chi connectivity index (χ4n) is 3.21. The molecule has 7 heteroatoms. The van der Waals surface area contributed by atoms with Crippen molar-refractivity contribution in [2.24, 2.45) is 5.92 Å². The van der Waals surface area contributed by atoms with Crippen molar-refractivity contribution in [3.63, 3.8) is 0 Å². The smallest absolute Gasteiger partial charge is 0.233 e.